The summed E-state index contributed by atoms with van der Waals surface area (Å²) in [5.41, 5.74) is 8.06. The Morgan fingerprint density at radius 1 is 1.50 bits per heavy atom. The van der Waals surface area contributed by atoms with E-state index in [2.05, 4.69) is 10.3 Å². The van der Waals surface area contributed by atoms with Crippen molar-refractivity contribution in [2.45, 2.75) is 25.3 Å². The summed E-state index contributed by atoms with van der Waals surface area (Å²) in [6, 6.07) is 6.18. The number of benzene rings is 1. The van der Waals surface area contributed by atoms with Crippen LogP contribution in [0.3, 0.4) is 0 Å². The molecule has 2 aromatic rings. The van der Waals surface area contributed by atoms with Crippen molar-refractivity contribution >= 4 is 16.8 Å². The van der Waals surface area contributed by atoms with Crippen molar-refractivity contribution in [2.75, 3.05) is 12.3 Å². The smallest absolute Gasteiger partial charge is 0.197 e. The molecular formula is C12H15N3O. The van der Waals surface area contributed by atoms with Crippen LogP contribution in [0.5, 0.6) is 0 Å². The number of nitrogens with zero attached hydrogens (tertiary/aromatic N) is 1. The predicted octanol–water partition coefficient (Wildman–Crippen LogP) is 1.70. The van der Waals surface area contributed by atoms with Gasteiger partial charge in [0, 0.05) is 12.5 Å². The molecule has 4 nitrogen and oxygen atoms in total. The fourth-order valence-corrected chi connectivity index (χ4v) is 2.25. The normalized spacial score (nSPS) is 20.6. The van der Waals surface area contributed by atoms with Crippen LogP contribution in [-0.2, 0) is 6.42 Å². The van der Waals surface area contributed by atoms with Gasteiger partial charge in [-0.15, -0.1) is 0 Å². The van der Waals surface area contributed by atoms with Gasteiger partial charge in [0.2, 0.25) is 0 Å². The number of nitrogen functional groups attached to an aromatic ring is 1. The number of nitrogens with one attached hydrogen (secondary N) is 1. The summed E-state index contributed by atoms with van der Waals surface area (Å²) in [5, 5.41) is 3.43. The van der Waals surface area contributed by atoms with Gasteiger partial charge in [-0.05, 0) is 31.5 Å². The molecule has 1 aliphatic heterocycles. The van der Waals surface area contributed by atoms with Gasteiger partial charge in [0.15, 0.2) is 11.5 Å². The molecule has 0 amide bonds. The molecule has 1 atom stereocenters. The Bertz CT molecular complexity index is 500. The lowest BCUT2D eigenvalue weighted by Crippen LogP contribution is -2.23. The fourth-order valence-electron chi connectivity index (χ4n) is 2.25. The van der Waals surface area contributed by atoms with E-state index >= 15 is 0 Å². The third-order valence-electron chi connectivity index (χ3n) is 3.07. The van der Waals surface area contributed by atoms with E-state index in [4.69, 9.17) is 10.2 Å². The molecule has 1 aromatic carbocycles. The van der Waals surface area contributed by atoms with Gasteiger partial charge in [-0.1, -0.05) is 6.07 Å². The second-order valence-electron chi connectivity index (χ2n) is 4.30. The van der Waals surface area contributed by atoms with Gasteiger partial charge in [0.05, 0.1) is 5.69 Å². The first-order chi connectivity index (χ1) is 7.83. The largest absolute Gasteiger partial charge is 0.438 e. The van der Waals surface area contributed by atoms with E-state index in [0.29, 0.717) is 11.7 Å². The van der Waals surface area contributed by atoms with Crippen LogP contribution < -0.4 is 11.1 Å². The molecule has 16 heavy (non-hydrogen) atoms. The number of anilines is 1. The Balaban J connectivity index is 1.90. The topological polar surface area (TPSA) is 64.1 Å². The third-order valence-corrected chi connectivity index (χ3v) is 3.07. The van der Waals surface area contributed by atoms with Crippen molar-refractivity contribution in [1.82, 2.24) is 10.3 Å². The number of oxazole rings is 1. The molecule has 0 aliphatic carbocycles. The molecule has 0 spiro atoms. The van der Waals surface area contributed by atoms with E-state index < -0.39 is 0 Å². The predicted molar refractivity (Wildman–Crippen MR) is 63.2 cm³/mol. The van der Waals surface area contributed by atoms with Crippen LogP contribution in [0, 0.1) is 0 Å². The maximum absolute atomic E-state index is 5.83. The molecule has 0 radical (unpaired) electrons. The van der Waals surface area contributed by atoms with Gasteiger partial charge in [-0.25, -0.2) is 4.98 Å². The van der Waals surface area contributed by atoms with Crippen LogP contribution in [0.1, 0.15) is 18.7 Å². The average Bonchev–Trinajstić information content (AvgIpc) is 2.88. The second kappa shape index (κ2) is 3.79. The molecule has 2 heterocycles. The van der Waals surface area contributed by atoms with Gasteiger partial charge < -0.3 is 15.5 Å². The minimum Gasteiger partial charge on any atom is -0.438 e. The molecule has 3 rings (SSSR count). The van der Waals surface area contributed by atoms with Crippen LogP contribution in [0.4, 0.5) is 5.69 Å². The highest BCUT2D eigenvalue weighted by Crippen LogP contribution is 2.23. The lowest BCUT2D eigenvalue weighted by Gasteiger charge is -2.05. The maximum atomic E-state index is 5.83. The molecular weight excluding hydrogens is 202 g/mol. The molecule has 3 N–H and O–H groups in total. The Hall–Kier alpha value is -1.55. The van der Waals surface area contributed by atoms with E-state index in [0.717, 1.165) is 30.0 Å². The quantitative estimate of drug-likeness (QED) is 0.751. The van der Waals surface area contributed by atoms with E-state index in [9.17, 15) is 0 Å². The summed E-state index contributed by atoms with van der Waals surface area (Å²) in [6.07, 6.45) is 3.30. The molecule has 1 aliphatic rings. The molecule has 1 fully saturated rings. The molecule has 1 aromatic heterocycles. The number of hydrogen-bond donors (Lipinski definition) is 2. The number of rotatable bonds is 2. The van der Waals surface area contributed by atoms with Crippen LogP contribution in [-0.4, -0.2) is 17.6 Å². The van der Waals surface area contributed by atoms with Crippen molar-refractivity contribution in [3.05, 3.63) is 24.1 Å². The van der Waals surface area contributed by atoms with E-state index in [1.54, 1.807) is 0 Å². The van der Waals surface area contributed by atoms with E-state index in [1.165, 1.54) is 12.8 Å². The van der Waals surface area contributed by atoms with Gasteiger partial charge in [-0.3, -0.25) is 0 Å². The first-order valence-electron chi connectivity index (χ1n) is 5.70. The summed E-state index contributed by atoms with van der Waals surface area (Å²) in [7, 11) is 0. The molecule has 0 bridgehead atoms. The van der Waals surface area contributed by atoms with Gasteiger partial charge in [0.1, 0.15) is 5.52 Å². The minimum atomic E-state index is 0.509. The lowest BCUT2D eigenvalue weighted by atomic mass is 10.2. The number of aromatic nitrogens is 1. The molecule has 84 valence electrons. The molecule has 0 saturated carbocycles. The fraction of sp³-hybridized carbons (Fsp3) is 0.417. The Morgan fingerprint density at radius 2 is 2.44 bits per heavy atom. The van der Waals surface area contributed by atoms with Crippen molar-refractivity contribution in [2.24, 2.45) is 0 Å². The van der Waals surface area contributed by atoms with Gasteiger partial charge in [0.25, 0.3) is 0 Å². The summed E-state index contributed by atoms with van der Waals surface area (Å²) in [5.74, 6) is 0.785. The van der Waals surface area contributed by atoms with Crippen molar-refractivity contribution in [3.8, 4) is 0 Å². The van der Waals surface area contributed by atoms with E-state index in [-0.39, 0.29) is 0 Å². The SMILES string of the molecule is Nc1cccc2nc(CC3CCCN3)oc12. The first-order valence-corrected chi connectivity index (χ1v) is 5.70. The highest BCUT2D eigenvalue weighted by atomic mass is 16.3. The van der Waals surface area contributed by atoms with Gasteiger partial charge >= 0.3 is 0 Å². The average molecular weight is 217 g/mol. The molecule has 1 saturated heterocycles. The van der Waals surface area contributed by atoms with Crippen molar-refractivity contribution in [1.29, 1.82) is 0 Å². The monoisotopic (exact) mass is 217 g/mol. The van der Waals surface area contributed by atoms with Crippen LogP contribution in [0.25, 0.3) is 11.1 Å². The van der Waals surface area contributed by atoms with Crippen molar-refractivity contribution < 1.29 is 4.42 Å². The Kier molecular flexibility index (Phi) is 2.29. The van der Waals surface area contributed by atoms with Crippen LogP contribution in [0.2, 0.25) is 0 Å². The zero-order valence-corrected chi connectivity index (χ0v) is 9.07. The molecule has 4 heteroatoms. The lowest BCUT2D eigenvalue weighted by molar-refractivity contribution is 0.479. The van der Waals surface area contributed by atoms with Gasteiger partial charge in [-0.2, -0.15) is 0 Å². The number of hydrogen-bond acceptors (Lipinski definition) is 4. The maximum Gasteiger partial charge on any atom is 0.197 e. The Morgan fingerprint density at radius 3 is 3.19 bits per heavy atom. The number of fused-ring (bicyclic) bond motifs is 1. The van der Waals surface area contributed by atoms with E-state index in [1.807, 2.05) is 18.2 Å². The Labute approximate surface area is 93.8 Å². The first kappa shape index (κ1) is 9.66. The van der Waals surface area contributed by atoms with Crippen LogP contribution in [0.15, 0.2) is 22.6 Å². The standard InChI is InChI=1S/C12H15N3O/c13-9-4-1-5-10-12(9)16-11(15-10)7-8-3-2-6-14-8/h1,4-5,8,14H,2-3,6-7,13H2. The third kappa shape index (κ3) is 1.65. The highest BCUT2D eigenvalue weighted by molar-refractivity contribution is 5.84. The zero-order valence-electron chi connectivity index (χ0n) is 9.07. The summed E-state index contributed by atoms with van der Waals surface area (Å²) >= 11 is 0. The highest BCUT2D eigenvalue weighted by Gasteiger charge is 2.17. The van der Waals surface area contributed by atoms with Crippen LogP contribution >= 0.6 is 0 Å². The summed E-state index contributed by atoms with van der Waals surface area (Å²) < 4.78 is 5.68. The second-order valence-corrected chi connectivity index (χ2v) is 4.30. The summed E-state index contributed by atoms with van der Waals surface area (Å²) in [4.78, 5) is 4.45. The molecule has 1 unspecified atom stereocenters. The van der Waals surface area contributed by atoms with Crippen molar-refractivity contribution in [3.63, 3.8) is 0 Å². The number of nitrogens with two attached hydrogens (primary N) is 1. The minimum absolute atomic E-state index is 0.509. The summed E-state index contributed by atoms with van der Waals surface area (Å²) in [6.45, 7) is 1.10. The zero-order chi connectivity index (χ0) is 11.0. The number of para-hydroxylation sites is 1.